The van der Waals surface area contributed by atoms with Gasteiger partial charge in [-0.2, -0.15) is 0 Å². The van der Waals surface area contributed by atoms with Crippen molar-refractivity contribution in [2.45, 2.75) is 9.36 Å². The van der Waals surface area contributed by atoms with E-state index in [2.05, 4.69) is 4.74 Å². The van der Waals surface area contributed by atoms with Crippen molar-refractivity contribution in [2.24, 2.45) is 0 Å². The maximum Gasteiger partial charge on any atom is 0.442 e. The van der Waals surface area contributed by atoms with Crippen molar-refractivity contribution in [3.05, 3.63) is 0 Å². The first kappa shape index (κ1) is 13.0. The van der Waals surface area contributed by atoms with Crippen LogP contribution < -0.4 is 0 Å². The minimum Gasteiger partial charge on any atom is -0.408 e. The Labute approximate surface area is 98.5 Å². The van der Waals surface area contributed by atoms with E-state index in [-0.39, 0.29) is 3.94 Å². The summed E-state index contributed by atoms with van der Waals surface area (Å²) in [5, 5.41) is 0. The number of ether oxygens (including phenoxy) is 1. The highest BCUT2D eigenvalue weighted by Gasteiger charge is 2.38. The standard InChI is InChI=1S/C3HCl6NO2/c4-1(5)3(6,7)12-2(11)10(8)9/h1H. The molecule has 0 heterocycles. The van der Waals surface area contributed by atoms with E-state index in [9.17, 15) is 4.79 Å². The van der Waals surface area contributed by atoms with Gasteiger partial charge in [0.15, 0.2) is 4.84 Å². The number of alkyl halides is 4. The van der Waals surface area contributed by atoms with E-state index in [0.717, 1.165) is 0 Å². The summed E-state index contributed by atoms with van der Waals surface area (Å²) in [6.07, 6.45) is -1.19. The van der Waals surface area contributed by atoms with Crippen LogP contribution in [0.3, 0.4) is 0 Å². The Kier molecular flexibility index (Phi) is 5.46. The van der Waals surface area contributed by atoms with E-state index in [1.807, 2.05) is 0 Å². The largest absolute Gasteiger partial charge is 0.442 e. The molecule has 0 N–H and O–H groups in total. The first-order valence-corrected chi connectivity index (χ1v) is 4.58. The lowest BCUT2D eigenvalue weighted by molar-refractivity contribution is 0.115. The van der Waals surface area contributed by atoms with Gasteiger partial charge in [0.05, 0.1) is 0 Å². The molecule has 0 aliphatic heterocycles. The van der Waals surface area contributed by atoms with E-state index in [4.69, 9.17) is 70.0 Å². The SMILES string of the molecule is O=C(OC(Cl)(Cl)C(Cl)Cl)N(Cl)Cl. The molecule has 0 aliphatic rings. The lowest BCUT2D eigenvalue weighted by atomic mass is 10.8. The van der Waals surface area contributed by atoms with Gasteiger partial charge in [0.2, 0.25) is 0 Å². The third-order valence-corrected chi connectivity index (χ3v) is 2.54. The summed E-state index contributed by atoms with van der Waals surface area (Å²) in [4.78, 5) is 9.30. The summed E-state index contributed by atoms with van der Waals surface area (Å²) in [6.45, 7) is 0. The van der Waals surface area contributed by atoms with E-state index in [1.165, 1.54) is 0 Å². The number of carbonyl (C=O) groups excluding carboxylic acids is 1. The van der Waals surface area contributed by atoms with Gasteiger partial charge in [0.1, 0.15) is 0 Å². The minimum atomic E-state index is -2.08. The molecule has 9 heteroatoms. The highest BCUT2D eigenvalue weighted by Crippen LogP contribution is 2.34. The van der Waals surface area contributed by atoms with Gasteiger partial charge in [-0.25, -0.2) is 4.79 Å². The molecule has 0 rings (SSSR count). The van der Waals surface area contributed by atoms with Gasteiger partial charge < -0.3 is 4.74 Å². The summed E-state index contributed by atoms with van der Waals surface area (Å²) < 4.78 is 2.26. The molecule has 0 bridgehead atoms. The average molecular weight is 296 g/mol. The van der Waals surface area contributed by atoms with Gasteiger partial charge in [-0.15, -0.1) is 3.94 Å². The normalized spacial score (nSPS) is 11.6. The molecule has 0 aliphatic carbocycles. The van der Waals surface area contributed by atoms with Crippen LogP contribution in [0.1, 0.15) is 0 Å². The molecule has 12 heavy (non-hydrogen) atoms. The van der Waals surface area contributed by atoms with E-state index >= 15 is 0 Å². The molecule has 0 unspecified atom stereocenters. The van der Waals surface area contributed by atoms with Gasteiger partial charge >= 0.3 is 6.09 Å². The highest BCUT2D eigenvalue weighted by atomic mass is 35.5. The third kappa shape index (κ3) is 4.30. The van der Waals surface area contributed by atoms with Crippen molar-refractivity contribution >= 4 is 76.1 Å². The van der Waals surface area contributed by atoms with Gasteiger partial charge in [-0.1, -0.05) is 46.4 Å². The summed E-state index contributed by atoms with van der Waals surface area (Å²) >= 11 is 31.0. The third-order valence-electron chi connectivity index (χ3n) is 0.615. The van der Waals surface area contributed by atoms with Crippen LogP contribution in [0, 0.1) is 0 Å². The van der Waals surface area contributed by atoms with Gasteiger partial charge in [-0.3, -0.25) is 0 Å². The molecule has 0 saturated heterocycles. The highest BCUT2D eigenvalue weighted by molar-refractivity contribution is 6.59. The van der Waals surface area contributed by atoms with Crippen LogP contribution in [0.5, 0.6) is 0 Å². The molecule has 3 nitrogen and oxygen atoms in total. The van der Waals surface area contributed by atoms with Crippen molar-refractivity contribution in [3.8, 4) is 0 Å². The number of amides is 1. The van der Waals surface area contributed by atoms with Crippen LogP contribution in [-0.4, -0.2) is 19.4 Å². The topological polar surface area (TPSA) is 29.5 Å². The molecular weight excluding hydrogens is 295 g/mol. The lowest BCUT2D eigenvalue weighted by Crippen LogP contribution is -2.31. The molecule has 0 radical (unpaired) electrons. The van der Waals surface area contributed by atoms with Gasteiger partial charge in [-0.05, 0) is 0 Å². The van der Waals surface area contributed by atoms with Crippen molar-refractivity contribution < 1.29 is 9.53 Å². The molecular formula is C3HCl6NO2. The molecule has 0 aromatic heterocycles. The molecule has 72 valence electrons. The second kappa shape index (κ2) is 5.03. The predicted octanol–water partition coefficient (Wildman–Crippen LogP) is 3.67. The number of hydrogen-bond donors (Lipinski definition) is 0. The second-order valence-corrected chi connectivity index (χ2v) is 4.73. The Hall–Kier alpha value is 1.01. The summed E-state index contributed by atoms with van der Waals surface area (Å²) in [5.74, 6) is 0. The van der Waals surface area contributed by atoms with Crippen LogP contribution >= 0.6 is 70.0 Å². The van der Waals surface area contributed by atoms with Crippen LogP contribution in [0.4, 0.5) is 4.79 Å². The molecule has 0 atom stereocenters. The Bertz CT molecular complexity index is 170. The smallest absolute Gasteiger partial charge is 0.408 e. The number of rotatable bonds is 2. The number of carbonyl (C=O) groups is 1. The van der Waals surface area contributed by atoms with Crippen LogP contribution in [0.15, 0.2) is 0 Å². The minimum absolute atomic E-state index is 0.0929. The fraction of sp³-hybridized carbons (Fsp3) is 0.667. The maximum atomic E-state index is 10.6. The van der Waals surface area contributed by atoms with Crippen molar-refractivity contribution in [2.75, 3.05) is 0 Å². The summed E-state index contributed by atoms with van der Waals surface area (Å²) in [5.41, 5.74) is 0. The van der Waals surface area contributed by atoms with Crippen molar-refractivity contribution in [3.63, 3.8) is 0 Å². The zero-order valence-corrected chi connectivity index (χ0v) is 9.64. The van der Waals surface area contributed by atoms with Crippen LogP contribution in [-0.2, 0) is 4.74 Å². The van der Waals surface area contributed by atoms with E-state index < -0.39 is 15.4 Å². The lowest BCUT2D eigenvalue weighted by Gasteiger charge is -2.20. The Morgan fingerprint density at radius 3 is 2.00 bits per heavy atom. The quantitative estimate of drug-likeness (QED) is 0.575. The molecule has 0 aromatic carbocycles. The molecule has 0 aromatic rings. The average Bonchev–Trinajstić information content (AvgIpc) is 1.85. The summed E-state index contributed by atoms with van der Waals surface area (Å²) in [6, 6.07) is 0. The van der Waals surface area contributed by atoms with E-state index in [1.54, 1.807) is 0 Å². The predicted molar refractivity (Wildman–Crippen MR) is 50.0 cm³/mol. The second-order valence-electron chi connectivity index (χ2n) is 1.46. The van der Waals surface area contributed by atoms with Crippen LogP contribution in [0.2, 0.25) is 0 Å². The van der Waals surface area contributed by atoms with Gasteiger partial charge in [0.25, 0.3) is 4.52 Å². The van der Waals surface area contributed by atoms with Crippen molar-refractivity contribution in [1.29, 1.82) is 0 Å². The fourth-order valence-corrected chi connectivity index (χ4v) is 0.486. The number of halogens is 6. The maximum absolute atomic E-state index is 10.6. The Balaban J connectivity index is 4.15. The van der Waals surface area contributed by atoms with Gasteiger partial charge in [0, 0.05) is 23.6 Å². The fourth-order valence-electron chi connectivity index (χ4n) is 0.195. The first-order chi connectivity index (χ1) is 5.27. The van der Waals surface area contributed by atoms with E-state index in [0.29, 0.717) is 0 Å². The Morgan fingerprint density at radius 2 is 1.75 bits per heavy atom. The number of hydrogen-bond acceptors (Lipinski definition) is 2. The molecule has 0 fully saturated rings. The number of nitrogens with zero attached hydrogens (tertiary/aromatic N) is 1. The van der Waals surface area contributed by atoms with Crippen LogP contribution in [0.25, 0.3) is 0 Å². The first-order valence-electron chi connectivity index (χ1n) is 2.28. The van der Waals surface area contributed by atoms with Crippen molar-refractivity contribution in [1.82, 2.24) is 3.94 Å². The molecule has 0 saturated carbocycles. The molecule has 1 amide bonds. The Morgan fingerprint density at radius 1 is 1.33 bits per heavy atom. The summed E-state index contributed by atoms with van der Waals surface area (Å²) in [7, 11) is 0. The zero-order chi connectivity index (χ0) is 9.94. The monoisotopic (exact) mass is 293 g/mol. The zero-order valence-electron chi connectivity index (χ0n) is 5.11. The molecule has 0 spiro atoms.